The van der Waals surface area contributed by atoms with Crippen molar-refractivity contribution in [3.8, 4) is 0 Å². The van der Waals surface area contributed by atoms with Gasteiger partial charge in [0, 0.05) is 10.0 Å². The molecule has 0 aliphatic rings. The second-order valence-corrected chi connectivity index (χ2v) is 4.14. The highest BCUT2D eigenvalue weighted by atomic mass is 35.5. The first-order chi connectivity index (χ1) is 7.54. The predicted octanol–water partition coefficient (Wildman–Crippen LogP) is 2.85. The maximum Gasteiger partial charge on any atom is 0.323 e. The lowest BCUT2D eigenvalue weighted by Gasteiger charge is -2.11. The molecule has 0 aliphatic carbocycles. The maximum absolute atomic E-state index is 11.3. The van der Waals surface area contributed by atoms with Gasteiger partial charge in [-0.25, -0.2) is 0 Å². The number of carbonyl (C=O) groups excluding carboxylic acids is 1. The third kappa shape index (κ3) is 5.13. The molecule has 2 N–H and O–H groups in total. The van der Waals surface area contributed by atoms with E-state index in [4.69, 9.17) is 33.7 Å². The number of ether oxygens (including phenoxy) is 1. The summed E-state index contributed by atoms with van der Waals surface area (Å²) in [5.41, 5.74) is 6.42. The Hall–Kier alpha value is -0.480. The number of halogens is 3. The van der Waals surface area contributed by atoms with E-state index in [0.717, 1.165) is 5.56 Å². The van der Waals surface area contributed by atoms with Crippen LogP contribution in [0.25, 0.3) is 0 Å². The van der Waals surface area contributed by atoms with Crippen molar-refractivity contribution in [3.63, 3.8) is 0 Å². The quantitative estimate of drug-likeness (QED) is 0.870. The van der Waals surface area contributed by atoms with Crippen molar-refractivity contribution in [3.05, 3.63) is 33.8 Å². The van der Waals surface area contributed by atoms with E-state index >= 15 is 0 Å². The van der Waals surface area contributed by atoms with Gasteiger partial charge < -0.3 is 10.5 Å². The second-order valence-electron chi connectivity index (χ2n) is 3.30. The summed E-state index contributed by atoms with van der Waals surface area (Å²) in [7, 11) is 0. The molecule has 1 aromatic carbocycles. The van der Waals surface area contributed by atoms with Gasteiger partial charge in [0.2, 0.25) is 0 Å². The van der Waals surface area contributed by atoms with Crippen molar-refractivity contribution in [2.75, 3.05) is 6.61 Å². The number of esters is 1. The molecule has 0 bridgehead atoms. The summed E-state index contributed by atoms with van der Waals surface area (Å²) < 4.78 is 4.81. The molecule has 1 rings (SSSR count). The molecule has 0 fully saturated rings. The van der Waals surface area contributed by atoms with Crippen LogP contribution in [0.15, 0.2) is 18.2 Å². The highest BCUT2D eigenvalue weighted by Gasteiger charge is 2.16. The molecule has 0 amide bonds. The van der Waals surface area contributed by atoms with Gasteiger partial charge in [-0.2, -0.15) is 0 Å². The first-order valence-electron chi connectivity index (χ1n) is 4.90. The van der Waals surface area contributed by atoms with Crippen LogP contribution in [0.4, 0.5) is 0 Å². The van der Waals surface area contributed by atoms with Crippen molar-refractivity contribution < 1.29 is 9.53 Å². The van der Waals surface area contributed by atoms with Crippen LogP contribution in [0.1, 0.15) is 12.5 Å². The summed E-state index contributed by atoms with van der Waals surface area (Å²) in [6.07, 6.45) is 0.318. The van der Waals surface area contributed by atoms with Gasteiger partial charge in [0.05, 0.1) is 6.61 Å². The van der Waals surface area contributed by atoms with Gasteiger partial charge in [-0.1, -0.05) is 23.2 Å². The van der Waals surface area contributed by atoms with Gasteiger partial charge in [0.15, 0.2) is 0 Å². The number of hydrogen-bond donors (Lipinski definition) is 1. The summed E-state index contributed by atoms with van der Waals surface area (Å²) in [6.45, 7) is 2.05. The largest absolute Gasteiger partial charge is 0.465 e. The lowest BCUT2D eigenvalue weighted by Crippen LogP contribution is -2.34. The molecule has 6 heteroatoms. The molecule has 1 atom stereocenters. The van der Waals surface area contributed by atoms with Crippen molar-refractivity contribution in [1.29, 1.82) is 0 Å². The van der Waals surface area contributed by atoms with Crippen LogP contribution in [0.5, 0.6) is 0 Å². The fraction of sp³-hybridized carbons (Fsp3) is 0.364. The molecule has 0 aromatic heterocycles. The molecule has 96 valence electrons. The summed E-state index contributed by atoms with van der Waals surface area (Å²) >= 11 is 11.8. The van der Waals surface area contributed by atoms with E-state index in [9.17, 15) is 4.79 Å². The van der Waals surface area contributed by atoms with Crippen molar-refractivity contribution in [2.24, 2.45) is 5.73 Å². The molecule has 0 unspecified atom stereocenters. The Morgan fingerprint density at radius 1 is 1.47 bits per heavy atom. The summed E-state index contributed by atoms with van der Waals surface area (Å²) in [6, 6.07) is 4.35. The summed E-state index contributed by atoms with van der Waals surface area (Å²) in [5.74, 6) is -0.432. The zero-order chi connectivity index (χ0) is 12.1. The van der Waals surface area contributed by atoms with Crippen LogP contribution in [0.2, 0.25) is 10.0 Å². The zero-order valence-electron chi connectivity index (χ0n) is 9.28. The summed E-state index contributed by atoms with van der Waals surface area (Å²) in [5, 5.41) is 1.11. The van der Waals surface area contributed by atoms with Gasteiger partial charge in [-0.15, -0.1) is 12.4 Å². The van der Waals surface area contributed by atoms with Gasteiger partial charge in [-0.05, 0) is 37.1 Å². The molecular formula is C11H14Cl3NO2. The van der Waals surface area contributed by atoms with E-state index in [1.807, 2.05) is 0 Å². The molecular weight excluding hydrogens is 284 g/mol. The number of carbonyl (C=O) groups is 1. The first kappa shape index (κ1) is 16.5. The minimum Gasteiger partial charge on any atom is -0.465 e. The lowest BCUT2D eigenvalue weighted by molar-refractivity contribution is -0.144. The molecule has 0 aliphatic heterocycles. The standard InChI is InChI=1S/C11H13Cl2NO2.ClH/c1-2-16-11(15)10(14)6-7-5-8(12)3-4-9(7)13;/h3-5,10H,2,6,14H2,1H3;1H/t10-;/m0./s1. The normalized spacial score (nSPS) is 11.5. The Bertz CT molecular complexity index is 385. The Morgan fingerprint density at radius 3 is 2.71 bits per heavy atom. The van der Waals surface area contributed by atoms with Crippen molar-refractivity contribution in [2.45, 2.75) is 19.4 Å². The highest BCUT2D eigenvalue weighted by molar-refractivity contribution is 6.33. The van der Waals surface area contributed by atoms with Crippen LogP contribution in [-0.2, 0) is 16.0 Å². The van der Waals surface area contributed by atoms with Crippen molar-refractivity contribution in [1.82, 2.24) is 0 Å². The third-order valence-corrected chi connectivity index (χ3v) is 2.64. The number of nitrogens with two attached hydrogens (primary N) is 1. The van der Waals surface area contributed by atoms with Gasteiger partial charge in [0.25, 0.3) is 0 Å². The van der Waals surface area contributed by atoms with E-state index in [0.29, 0.717) is 23.1 Å². The van der Waals surface area contributed by atoms with E-state index < -0.39 is 12.0 Å². The SMILES string of the molecule is CCOC(=O)[C@@H](N)Cc1cc(Cl)ccc1Cl.Cl. The van der Waals surface area contributed by atoms with Crippen LogP contribution >= 0.6 is 35.6 Å². The van der Waals surface area contributed by atoms with Crippen LogP contribution in [-0.4, -0.2) is 18.6 Å². The molecule has 0 radical (unpaired) electrons. The Balaban J connectivity index is 0.00000256. The molecule has 0 saturated heterocycles. The van der Waals surface area contributed by atoms with E-state index in [2.05, 4.69) is 0 Å². The van der Waals surface area contributed by atoms with E-state index in [-0.39, 0.29) is 12.4 Å². The van der Waals surface area contributed by atoms with Crippen molar-refractivity contribution >= 4 is 41.6 Å². The minimum atomic E-state index is -0.712. The van der Waals surface area contributed by atoms with E-state index in [1.165, 1.54) is 0 Å². The molecule has 1 aromatic rings. The highest BCUT2D eigenvalue weighted by Crippen LogP contribution is 2.21. The number of hydrogen-bond acceptors (Lipinski definition) is 3. The predicted molar refractivity (Wildman–Crippen MR) is 72.0 cm³/mol. The topological polar surface area (TPSA) is 52.3 Å². The molecule has 0 saturated carbocycles. The maximum atomic E-state index is 11.3. The molecule has 3 nitrogen and oxygen atoms in total. The Kier molecular flexibility index (Phi) is 7.55. The number of benzene rings is 1. The second kappa shape index (κ2) is 7.77. The monoisotopic (exact) mass is 297 g/mol. The molecule has 17 heavy (non-hydrogen) atoms. The Labute approximate surface area is 117 Å². The first-order valence-corrected chi connectivity index (χ1v) is 5.66. The molecule has 0 spiro atoms. The average Bonchev–Trinajstić information content (AvgIpc) is 2.23. The number of rotatable bonds is 4. The van der Waals surface area contributed by atoms with Gasteiger partial charge in [0.1, 0.15) is 6.04 Å². The van der Waals surface area contributed by atoms with Crippen LogP contribution in [0.3, 0.4) is 0 Å². The lowest BCUT2D eigenvalue weighted by atomic mass is 10.1. The fourth-order valence-electron chi connectivity index (χ4n) is 1.27. The van der Waals surface area contributed by atoms with Gasteiger partial charge in [-0.3, -0.25) is 4.79 Å². The smallest absolute Gasteiger partial charge is 0.323 e. The van der Waals surface area contributed by atoms with E-state index in [1.54, 1.807) is 25.1 Å². The van der Waals surface area contributed by atoms with Crippen LogP contribution < -0.4 is 5.73 Å². The summed E-state index contributed by atoms with van der Waals surface area (Å²) in [4.78, 5) is 11.3. The van der Waals surface area contributed by atoms with Crippen LogP contribution in [0, 0.1) is 0 Å². The fourth-order valence-corrected chi connectivity index (χ4v) is 1.66. The zero-order valence-corrected chi connectivity index (χ0v) is 11.6. The minimum absolute atomic E-state index is 0. The molecule has 0 heterocycles. The Morgan fingerprint density at radius 2 is 2.12 bits per heavy atom. The third-order valence-electron chi connectivity index (χ3n) is 2.04. The van der Waals surface area contributed by atoms with Gasteiger partial charge >= 0.3 is 5.97 Å². The average molecular weight is 299 g/mol.